The molecule has 3 aliphatic rings. The van der Waals surface area contributed by atoms with E-state index in [1.54, 1.807) is 0 Å². The Hall–Kier alpha value is -0.810. The van der Waals surface area contributed by atoms with Crippen molar-refractivity contribution < 1.29 is 9.84 Å². The van der Waals surface area contributed by atoms with Crippen molar-refractivity contribution in [3.63, 3.8) is 0 Å². The van der Waals surface area contributed by atoms with Crippen LogP contribution in [0, 0.1) is 11.3 Å². The summed E-state index contributed by atoms with van der Waals surface area (Å²) in [6.45, 7) is 6.62. The SMILES string of the molecule is CCNC(=NCC1CCCC1O)NC1CC(OCC)C12CCCC2. The van der Waals surface area contributed by atoms with E-state index in [2.05, 4.69) is 24.5 Å². The number of hydrogen-bond donors (Lipinski definition) is 3. The maximum absolute atomic E-state index is 10.0. The molecule has 3 aliphatic carbocycles. The maximum atomic E-state index is 10.0. The Morgan fingerprint density at radius 1 is 1.21 bits per heavy atom. The molecule has 3 N–H and O–H groups in total. The van der Waals surface area contributed by atoms with E-state index in [0.29, 0.717) is 23.5 Å². The van der Waals surface area contributed by atoms with Gasteiger partial charge in [-0.3, -0.25) is 4.99 Å². The highest BCUT2D eigenvalue weighted by molar-refractivity contribution is 5.80. The Morgan fingerprint density at radius 3 is 2.62 bits per heavy atom. The molecule has 4 unspecified atom stereocenters. The van der Waals surface area contributed by atoms with E-state index < -0.39 is 0 Å². The summed E-state index contributed by atoms with van der Waals surface area (Å²) in [5.41, 5.74) is 0.319. The van der Waals surface area contributed by atoms with Gasteiger partial charge in [0, 0.05) is 37.1 Å². The second-order valence-corrected chi connectivity index (χ2v) is 7.79. The van der Waals surface area contributed by atoms with Gasteiger partial charge >= 0.3 is 0 Å². The molecule has 0 aromatic carbocycles. The average molecular weight is 338 g/mol. The second kappa shape index (κ2) is 8.05. The molecule has 138 valence electrons. The number of guanidine groups is 1. The van der Waals surface area contributed by atoms with Gasteiger partial charge in [-0.05, 0) is 46.0 Å². The molecule has 3 rings (SSSR count). The lowest BCUT2D eigenvalue weighted by molar-refractivity contribution is -0.125. The number of aliphatic imine (C=N–C) groups is 1. The van der Waals surface area contributed by atoms with Crippen LogP contribution in [-0.2, 0) is 4.74 Å². The Morgan fingerprint density at radius 2 is 2.00 bits per heavy atom. The second-order valence-electron chi connectivity index (χ2n) is 7.79. The van der Waals surface area contributed by atoms with Gasteiger partial charge in [0.05, 0.1) is 12.2 Å². The van der Waals surface area contributed by atoms with Crippen LogP contribution in [0.4, 0.5) is 0 Å². The van der Waals surface area contributed by atoms with Gasteiger partial charge in [0.15, 0.2) is 5.96 Å². The minimum absolute atomic E-state index is 0.163. The lowest BCUT2D eigenvalue weighted by atomic mass is 9.60. The number of hydrogen-bond acceptors (Lipinski definition) is 3. The number of aliphatic hydroxyl groups excluding tert-OH is 1. The van der Waals surface area contributed by atoms with Crippen molar-refractivity contribution >= 4 is 5.96 Å². The number of nitrogens with zero attached hydrogens (tertiary/aromatic N) is 1. The lowest BCUT2D eigenvalue weighted by Crippen LogP contribution is -2.65. The molecule has 0 aromatic rings. The number of aliphatic hydroxyl groups is 1. The average Bonchev–Trinajstić information content (AvgIpc) is 3.22. The van der Waals surface area contributed by atoms with Crippen LogP contribution in [0.5, 0.6) is 0 Å². The van der Waals surface area contributed by atoms with E-state index in [0.717, 1.165) is 51.3 Å². The highest BCUT2D eigenvalue weighted by atomic mass is 16.5. The third-order valence-electron chi connectivity index (χ3n) is 6.45. The van der Waals surface area contributed by atoms with Crippen LogP contribution in [0.25, 0.3) is 0 Å². The molecular formula is C19H35N3O2. The third kappa shape index (κ3) is 3.57. The van der Waals surface area contributed by atoms with Gasteiger partial charge in [-0.25, -0.2) is 0 Å². The van der Waals surface area contributed by atoms with E-state index in [4.69, 9.17) is 9.73 Å². The van der Waals surface area contributed by atoms with Crippen molar-refractivity contribution in [2.24, 2.45) is 16.3 Å². The standard InChI is InChI=1S/C19H35N3O2/c1-3-20-18(21-13-14-8-7-9-15(14)23)22-16-12-17(24-4-2)19(16)10-5-6-11-19/h14-17,23H,3-13H2,1-2H3,(H2,20,21,22). The fourth-order valence-corrected chi connectivity index (χ4v) is 5.01. The molecule has 1 spiro atoms. The zero-order valence-electron chi connectivity index (χ0n) is 15.4. The fourth-order valence-electron chi connectivity index (χ4n) is 5.01. The topological polar surface area (TPSA) is 65.9 Å². The highest BCUT2D eigenvalue weighted by Crippen LogP contribution is 2.54. The van der Waals surface area contributed by atoms with Gasteiger partial charge in [0.25, 0.3) is 0 Å². The van der Waals surface area contributed by atoms with Crippen molar-refractivity contribution in [3.05, 3.63) is 0 Å². The Bertz CT molecular complexity index is 434. The van der Waals surface area contributed by atoms with Crippen LogP contribution in [0.15, 0.2) is 4.99 Å². The minimum atomic E-state index is -0.163. The number of rotatable bonds is 6. The van der Waals surface area contributed by atoms with Crippen LogP contribution in [-0.4, -0.2) is 49.0 Å². The maximum Gasteiger partial charge on any atom is 0.191 e. The molecular weight excluding hydrogens is 302 g/mol. The van der Waals surface area contributed by atoms with Gasteiger partial charge in [0.1, 0.15) is 0 Å². The number of ether oxygens (including phenoxy) is 1. The van der Waals surface area contributed by atoms with Crippen molar-refractivity contribution in [2.45, 2.75) is 83.5 Å². The van der Waals surface area contributed by atoms with E-state index in [1.165, 1.54) is 25.7 Å². The molecule has 0 bridgehead atoms. The van der Waals surface area contributed by atoms with E-state index in [1.807, 2.05) is 0 Å². The first-order chi connectivity index (χ1) is 11.7. The van der Waals surface area contributed by atoms with Gasteiger partial charge < -0.3 is 20.5 Å². The van der Waals surface area contributed by atoms with Crippen LogP contribution in [0.2, 0.25) is 0 Å². The summed E-state index contributed by atoms with van der Waals surface area (Å²) in [5, 5.41) is 17.1. The van der Waals surface area contributed by atoms with Crippen molar-refractivity contribution in [1.82, 2.24) is 10.6 Å². The zero-order valence-corrected chi connectivity index (χ0v) is 15.4. The predicted octanol–water partition coefficient (Wildman–Crippen LogP) is 2.44. The zero-order chi connectivity index (χ0) is 17.0. The summed E-state index contributed by atoms with van der Waals surface area (Å²) in [7, 11) is 0. The van der Waals surface area contributed by atoms with Crippen molar-refractivity contribution in [3.8, 4) is 0 Å². The Labute approximate surface area is 146 Å². The molecule has 4 atom stereocenters. The minimum Gasteiger partial charge on any atom is -0.393 e. The smallest absolute Gasteiger partial charge is 0.191 e. The quantitative estimate of drug-likeness (QED) is 0.514. The molecule has 3 fully saturated rings. The van der Waals surface area contributed by atoms with Crippen molar-refractivity contribution in [2.75, 3.05) is 19.7 Å². The first-order valence-electron chi connectivity index (χ1n) is 10.0. The Balaban J connectivity index is 1.60. The largest absolute Gasteiger partial charge is 0.393 e. The van der Waals surface area contributed by atoms with Gasteiger partial charge in [0.2, 0.25) is 0 Å². The summed E-state index contributed by atoms with van der Waals surface area (Å²) in [5.74, 6) is 1.25. The van der Waals surface area contributed by atoms with E-state index in [9.17, 15) is 5.11 Å². The van der Waals surface area contributed by atoms with Crippen LogP contribution < -0.4 is 10.6 Å². The van der Waals surface area contributed by atoms with Crippen LogP contribution in [0.1, 0.15) is 65.2 Å². The molecule has 0 aliphatic heterocycles. The molecule has 5 heteroatoms. The number of nitrogens with one attached hydrogen (secondary N) is 2. The summed E-state index contributed by atoms with van der Waals surface area (Å²) in [6, 6.07) is 0.475. The lowest BCUT2D eigenvalue weighted by Gasteiger charge is -2.54. The monoisotopic (exact) mass is 337 g/mol. The summed E-state index contributed by atoms with van der Waals surface area (Å²) in [6.07, 6.45) is 9.71. The highest BCUT2D eigenvalue weighted by Gasteiger charge is 2.56. The normalized spacial score (nSPS) is 35.2. The molecule has 3 saturated carbocycles. The summed E-state index contributed by atoms with van der Waals surface area (Å²) >= 11 is 0. The molecule has 0 radical (unpaired) electrons. The summed E-state index contributed by atoms with van der Waals surface area (Å²) in [4.78, 5) is 4.79. The molecule has 0 saturated heterocycles. The molecule has 5 nitrogen and oxygen atoms in total. The molecule has 24 heavy (non-hydrogen) atoms. The molecule has 0 amide bonds. The van der Waals surface area contributed by atoms with Crippen molar-refractivity contribution in [1.29, 1.82) is 0 Å². The molecule has 0 heterocycles. The first kappa shape index (κ1) is 18.0. The third-order valence-corrected chi connectivity index (χ3v) is 6.45. The Kier molecular flexibility index (Phi) is 6.03. The van der Waals surface area contributed by atoms with E-state index in [-0.39, 0.29) is 6.10 Å². The van der Waals surface area contributed by atoms with Gasteiger partial charge in [-0.2, -0.15) is 0 Å². The fraction of sp³-hybridized carbons (Fsp3) is 0.947. The molecule has 0 aromatic heterocycles. The van der Waals surface area contributed by atoms with Crippen LogP contribution >= 0.6 is 0 Å². The van der Waals surface area contributed by atoms with Crippen LogP contribution in [0.3, 0.4) is 0 Å². The predicted molar refractivity (Wildman–Crippen MR) is 97.2 cm³/mol. The van der Waals surface area contributed by atoms with Gasteiger partial charge in [-0.15, -0.1) is 0 Å². The first-order valence-corrected chi connectivity index (χ1v) is 10.0. The van der Waals surface area contributed by atoms with Gasteiger partial charge in [-0.1, -0.05) is 19.3 Å². The van der Waals surface area contributed by atoms with E-state index >= 15 is 0 Å². The summed E-state index contributed by atoms with van der Waals surface area (Å²) < 4.78 is 6.01.